The Labute approximate surface area is 150 Å². The zero-order chi connectivity index (χ0) is 17.8. The van der Waals surface area contributed by atoms with Gasteiger partial charge in [-0.15, -0.1) is 0 Å². The molecule has 25 heavy (non-hydrogen) atoms. The number of carbonyl (C=O) groups is 2. The SMILES string of the molecule is O=C(NCCN1CCCC1=O)c1ccc(-c2ccc(Cl)cc2F)cc1. The van der Waals surface area contributed by atoms with Crippen LogP contribution in [0.25, 0.3) is 11.1 Å². The van der Waals surface area contributed by atoms with E-state index in [0.717, 1.165) is 13.0 Å². The third kappa shape index (κ3) is 4.17. The van der Waals surface area contributed by atoms with Gasteiger partial charge in [0.05, 0.1) is 0 Å². The highest BCUT2D eigenvalue weighted by Gasteiger charge is 2.19. The Hall–Kier alpha value is -2.40. The summed E-state index contributed by atoms with van der Waals surface area (Å²) in [6.07, 6.45) is 1.48. The third-order valence-corrected chi connectivity index (χ3v) is 4.46. The van der Waals surface area contributed by atoms with Crippen LogP contribution in [0.4, 0.5) is 4.39 Å². The zero-order valence-electron chi connectivity index (χ0n) is 13.6. The molecule has 0 spiro atoms. The molecule has 1 fully saturated rings. The Kier molecular flexibility index (Phi) is 5.34. The number of hydrogen-bond acceptors (Lipinski definition) is 2. The van der Waals surface area contributed by atoms with Crippen molar-refractivity contribution in [3.63, 3.8) is 0 Å². The lowest BCUT2D eigenvalue weighted by Crippen LogP contribution is -2.35. The predicted octanol–water partition coefficient (Wildman–Crippen LogP) is 3.50. The minimum Gasteiger partial charge on any atom is -0.350 e. The van der Waals surface area contributed by atoms with Crippen molar-refractivity contribution in [1.29, 1.82) is 0 Å². The number of amides is 2. The smallest absolute Gasteiger partial charge is 0.251 e. The van der Waals surface area contributed by atoms with Crippen molar-refractivity contribution in [3.8, 4) is 11.1 Å². The molecule has 2 aromatic carbocycles. The first kappa shape index (κ1) is 17.4. The fourth-order valence-corrected chi connectivity index (χ4v) is 3.03. The molecule has 0 unspecified atom stereocenters. The van der Waals surface area contributed by atoms with E-state index >= 15 is 0 Å². The number of hydrogen-bond donors (Lipinski definition) is 1. The zero-order valence-corrected chi connectivity index (χ0v) is 14.4. The van der Waals surface area contributed by atoms with Crippen molar-refractivity contribution < 1.29 is 14.0 Å². The van der Waals surface area contributed by atoms with Crippen molar-refractivity contribution in [2.24, 2.45) is 0 Å². The van der Waals surface area contributed by atoms with Gasteiger partial charge in [0.15, 0.2) is 0 Å². The third-order valence-electron chi connectivity index (χ3n) is 4.23. The monoisotopic (exact) mass is 360 g/mol. The Bertz CT molecular complexity index is 793. The maximum absolute atomic E-state index is 13.9. The average molecular weight is 361 g/mol. The summed E-state index contributed by atoms with van der Waals surface area (Å²) in [6, 6.07) is 11.2. The maximum Gasteiger partial charge on any atom is 0.251 e. The lowest BCUT2D eigenvalue weighted by Gasteiger charge is -2.15. The number of halogens is 2. The van der Waals surface area contributed by atoms with Gasteiger partial charge in [-0.25, -0.2) is 4.39 Å². The van der Waals surface area contributed by atoms with Gasteiger partial charge in [0.1, 0.15) is 5.82 Å². The molecular formula is C19H18ClFN2O2. The first-order valence-corrected chi connectivity index (χ1v) is 8.54. The molecule has 130 valence electrons. The fourth-order valence-electron chi connectivity index (χ4n) is 2.87. The topological polar surface area (TPSA) is 49.4 Å². The van der Waals surface area contributed by atoms with E-state index in [-0.39, 0.29) is 11.8 Å². The Morgan fingerprint density at radius 1 is 1.20 bits per heavy atom. The molecule has 0 radical (unpaired) electrons. The van der Waals surface area contributed by atoms with Crippen LogP contribution in [0.5, 0.6) is 0 Å². The standard InChI is InChI=1S/C19H18ClFN2O2/c20-15-7-8-16(17(21)12-15)13-3-5-14(6-4-13)19(25)22-9-11-23-10-1-2-18(23)24/h3-8,12H,1-2,9-11H2,(H,22,25). The van der Waals surface area contributed by atoms with Gasteiger partial charge in [0.25, 0.3) is 5.91 Å². The number of nitrogens with one attached hydrogen (secondary N) is 1. The molecule has 1 aliphatic heterocycles. The maximum atomic E-state index is 13.9. The molecule has 0 saturated carbocycles. The number of likely N-dealkylation sites (tertiary alicyclic amines) is 1. The fraction of sp³-hybridized carbons (Fsp3) is 0.263. The minimum atomic E-state index is -0.403. The van der Waals surface area contributed by atoms with Crippen LogP contribution in [0.1, 0.15) is 23.2 Å². The van der Waals surface area contributed by atoms with E-state index in [1.807, 2.05) is 0 Å². The summed E-state index contributed by atoms with van der Waals surface area (Å²) in [5, 5.41) is 3.14. The molecule has 0 aliphatic carbocycles. The van der Waals surface area contributed by atoms with Gasteiger partial charge in [-0.1, -0.05) is 23.7 Å². The first-order valence-electron chi connectivity index (χ1n) is 8.16. The number of benzene rings is 2. The number of rotatable bonds is 5. The van der Waals surface area contributed by atoms with Crippen molar-refractivity contribution in [2.75, 3.05) is 19.6 Å². The van der Waals surface area contributed by atoms with Crippen molar-refractivity contribution in [3.05, 3.63) is 58.9 Å². The van der Waals surface area contributed by atoms with E-state index in [2.05, 4.69) is 5.32 Å². The molecule has 0 atom stereocenters. The summed E-state index contributed by atoms with van der Waals surface area (Å²) >= 11 is 5.76. The Morgan fingerprint density at radius 2 is 1.96 bits per heavy atom. The first-order chi connectivity index (χ1) is 12.0. The van der Waals surface area contributed by atoms with Gasteiger partial charge >= 0.3 is 0 Å². The Morgan fingerprint density at radius 3 is 2.60 bits per heavy atom. The molecule has 1 heterocycles. The van der Waals surface area contributed by atoms with Crippen LogP contribution in [-0.4, -0.2) is 36.3 Å². The van der Waals surface area contributed by atoms with E-state index in [1.54, 1.807) is 41.3 Å². The van der Waals surface area contributed by atoms with E-state index in [0.29, 0.717) is 41.2 Å². The summed E-state index contributed by atoms with van der Waals surface area (Å²) in [5.74, 6) is -0.474. The second-order valence-corrected chi connectivity index (χ2v) is 6.38. The van der Waals surface area contributed by atoms with Crippen molar-refractivity contribution >= 4 is 23.4 Å². The van der Waals surface area contributed by atoms with Gasteiger partial charge in [-0.3, -0.25) is 9.59 Å². The summed E-state index contributed by atoms with van der Waals surface area (Å²) in [5.41, 5.74) is 1.60. The minimum absolute atomic E-state index is 0.142. The number of nitrogens with zero attached hydrogens (tertiary/aromatic N) is 1. The van der Waals surface area contributed by atoms with E-state index in [9.17, 15) is 14.0 Å². The van der Waals surface area contributed by atoms with Gasteiger partial charge in [-0.05, 0) is 42.3 Å². The van der Waals surface area contributed by atoms with Crippen LogP contribution in [-0.2, 0) is 4.79 Å². The average Bonchev–Trinajstić information content (AvgIpc) is 3.00. The molecule has 1 aliphatic rings. The van der Waals surface area contributed by atoms with Crippen LogP contribution >= 0.6 is 11.6 Å². The highest BCUT2D eigenvalue weighted by molar-refractivity contribution is 6.30. The summed E-state index contributed by atoms with van der Waals surface area (Å²) in [7, 11) is 0. The van der Waals surface area contributed by atoms with Crippen LogP contribution in [0, 0.1) is 5.82 Å². The van der Waals surface area contributed by atoms with Crippen LogP contribution in [0.3, 0.4) is 0 Å². The summed E-state index contributed by atoms with van der Waals surface area (Å²) in [4.78, 5) is 25.4. The molecule has 1 saturated heterocycles. The van der Waals surface area contributed by atoms with Gasteiger partial charge in [0, 0.05) is 42.2 Å². The summed E-state index contributed by atoms with van der Waals surface area (Å²) in [6.45, 7) is 1.70. The van der Waals surface area contributed by atoms with Crippen molar-refractivity contribution in [1.82, 2.24) is 10.2 Å². The van der Waals surface area contributed by atoms with E-state index < -0.39 is 5.82 Å². The highest BCUT2D eigenvalue weighted by Crippen LogP contribution is 2.25. The second kappa shape index (κ2) is 7.66. The molecule has 2 amide bonds. The molecule has 4 nitrogen and oxygen atoms in total. The second-order valence-electron chi connectivity index (χ2n) is 5.94. The van der Waals surface area contributed by atoms with Gasteiger partial charge < -0.3 is 10.2 Å². The normalized spacial score (nSPS) is 14.0. The van der Waals surface area contributed by atoms with Gasteiger partial charge in [-0.2, -0.15) is 0 Å². The number of carbonyl (C=O) groups excluding carboxylic acids is 2. The van der Waals surface area contributed by atoms with Gasteiger partial charge in [0.2, 0.25) is 5.91 Å². The quantitative estimate of drug-likeness (QED) is 0.887. The predicted molar refractivity (Wildman–Crippen MR) is 95.0 cm³/mol. The molecule has 0 bridgehead atoms. The van der Waals surface area contributed by atoms with E-state index in [4.69, 9.17) is 11.6 Å². The van der Waals surface area contributed by atoms with E-state index in [1.165, 1.54) is 6.07 Å². The van der Waals surface area contributed by atoms with Crippen LogP contribution in [0.2, 0.25) is 5.02 Å². The molecule has 1 N–H and O–H groups in total. The van der Waals surface area contributed by atoms with Crippen LogP contribution in [0.15, 0.2) is 42.5 Å². The van der Waals surface area contributed by atoms with Crippen LogP contribution < -0.4 is 5.32 Å². The molecular weight excluding hydrogens is 343 g/mol. The largest absolute Gasteiger partial charge is 0.350 e. The Balaban J connectivity index is 1.59. The molecule has 0 aromatic heterocycles. The molecule has 2 aromatic rings. The van der Waals surface area contributed by atoms with Crippen molar-refractivity contribution in [2.45, 2.75) is 12.8 Å². The molecule has 3 rings (SSSR count). The molecule has 6 heteroatoms. The lowest BCUT2D eigenvalue weighted by atomic mass is 10.0. The lowest BCUT2D eigenvalue weighted by molar-refractivity contribution is -0.127. The summed E-state index contributed by atoms with van der Waals surface area (Å²) < 4.78 is 13.9. The highest BCUT2D eigenvalue weighted by atomic mass is 35.5.